The summed E-state index contributed by atoms with van der Waals surface area (Å²) in [7, 11) is 0. The van der Waals surface area contributed by atoms with Crippen LogP contribution in [0.25, 0.3) is 16.8 Å². The molecule has 4 heteroatoms. The van der Waals surface area contributed by atoms with Gasteiger partial charge in [-0.3, -0.25) is 10.1 Å². The summed E-state index contributed by atoms with van der Waals surface area (Å²) >= 11 is 0. The van der Waals surface area contributed by atoms with Gasteiger partial charge in [-0.1, -0.05) is 6.07 Å². The molecule has 0 bridgehead atoms. The lowest BCUT2D eigenvalue weighted by molar-refractivity contribution is 0.973. The second-order valence-corrected chi connectivity index (χ2v) is 3.05. The van der Waals surface area contributed by atoms with Crippen molar-refractivity contribution in [2.24, 2.45) is 0 Å². The van der Waals surface area contributed by atoms with Gasteiger partial charge in [0, 0.05) is 42.1 Å². The maximum absolute atomic E-state index is 4.26. The van der Waals surface area contributed by atoms with Crippen molar-refractivity contribution in [1.82, 2.24) is 19.6 Å². The van der Waals surface area contributed by atoms with E-state index >= 15 is 0 Å². The van der Waals surface area contributed by atoms with Gasteiger partial charge >= 0.3 is 0 Å². The highest BCUT2D eigenvalue weighted by Gasteiger charge is 2.05. The van der Waals surface area contributed by atoms with Crippen molar-refractivity contribution in [1.29, 1.82) is 0 Å². The Morgan fingerprint density at radius 2 is 2.29 bits per heavy atom. The minimum Gasteiger partial charge on any atom is -0.299 e. The van der Waals surface area contributed by atoms with E-state index in [2.05, 4.69) is 15.1 Å². The summed E-state index contributed by atoms with van der Waals surface area (Å²) in [5.74, 6) is 0. The fraction of sp³-hybridized carbons (Fsp3) is 0. The van der Waals surface area contributed by atoms with Crippen LogP contribution in [0.1, 0.15) is 0 Å². The Hall–Kier alpha value is -2.10. The molecule has 3 rings (SSSR count). The van der Waals surface area contributed by atoms with Crippen LogP contribution < -0.4 is 0 Å². The van der Waals surface area contributed by atoms with Gasteiger partial charge in [0.1, 0.15) is 0 Å². The van der Waals surface area contributed by atoms with E-state index < -0.39 is 0 Å². The number of aromatic amines is 1. The molecule has 0 aliphatic heterocycles. The predicted octanol–water partition coefficient (Wildman–Crippen LogP) is 1.72. The van der Waals surface area contributed by atoms with Gasteiger partial charge in [-0.25, -0.2) is 9.50 Å². The summed E-state index contributed by atoms with van der Waals surface area (Å²) in [6.45, 7) is 0. The van der Waals surface area contributed by atoms with Crippen molar-refractivity contribution in [2.75, 3.05) is 0 Å². The third kappa shape index (κ3) is 0.939. The van der Waals surface area contributed by atoms with Crippen LogP contribution in [0, 0.1) is 0 Å². The zero-order valence-electron chi connectivity index (χ0n) is 7.38. The number of imidazole rings is 1. The third-order valence-electron chi connectivity index (χ3n) is 2.20. The molecule has 0 aliphatic rings. The lowest BCUT2D eigenvalue weighted by atomic mass is 10.1. The van der Waals surface area contributed by atoms with Crippen LogP contribution in [0.3, 0.4) is 0 Å². The molecule has 0 saturated carbocycles. The molecule has 1 N–H and O–H groups in total. The molecule has 0 atom stereocenters. The molecule has 0 aliphatic carbocycles. The Kier molecular flexibility index (Phi) is 1.41. The first-order chi connectivity index (χ1) is 6.95. The smallest absolute Gasteiger partial charge is 0.160 e. The van der Waals surface area contributed by atoms with Gasteiger partial charge in [0.05, 0.1) is 0 Å². The van der Waals surface area contributed by atoms with Gasteiger partial charge in [0.25, 0.3) is 0 Å². The van der Waals surface area contributed by atoms with Crippen LogP contribution >= 0.6 is 0 Å². The summed E-state index contributed by atoms with van der Waals surface area (Å²) in [6, 6.07) is 3.94. The van der Waals surface area contributed by atoms with Crippen molar-refractivity contribution < 1.29 is 0 Å². The third-order valence-corrected chi connectivity index (χ3v) is 2.20. The molecule has 0 radical (unpaired) electrons. The monoisotopic (exact) mass is 184 g/mol. The fourth-order valence-electron chi connectivity index (χ4n) is 1.54. The number of hydrogen-bond donors (Lipinski definition) is 1. The Bertz CT molecular complexity index is 550. The number of fused-ring (bicyclic) bond motifs is 1. The maximum Gasteiger partial charge on any atom is 0.160 e. The van der Waals surface area contributed by atoms with Crippen molar-refractivity contribution in [3.8, 4) is 11.1 Å². The average molecular weight is 184 g/mol. The van der Waals surface area contributed by atoms with Crippen molar-refractivity contribution in [3.63, 3.8) is 0 Å². The van der Waals surface area contributed by atoms with Crippen LogP contribution in [-0.2, 0) is 0 Å². The molecule has 3 aromatic rings. The normalized spacial score (nSPS) is 10.9. The van der Waals surface area contributed by atoms with Crippen molar-refractivity contribution in [3.05, 3.63) is 43.1 Å². The zero-order valence-corrected chi connectivity index (χ0v) is 7.38. The number of hydrogen-bond acceptors (Lipinski definition) is 2. The van der Waals surface area contributed by atoms with Gasteiger partial charge < -0.3 is 0 Å². The highest BCUT2D eigenvalue weighted by molar-refractivity contribution is 5.76. The Morgan fingerprint density at radius 1 is 1.29 bits per heavy atom. The first-order valence-electron chi connectivity index (χ1n) is 4.36. The van der Waals surface area contributed by atoms with E-state index in [4.69, 9.17) is 0 Å². The highest BCUT2D eigenvalue weighted by Crippen LogP contribution is 2.21. The van der Waals surface area contributed by atoms with E-state index in [-0.39, 0.29) is 0 Å². The standard InChI is InChI=1S/C10H8N4/c1-2-8(6-11-3-1)9-7-13-14-5-4-12-10(9)14/h1-7,13H. The second kappa shape index (κ2) is 2.70. The molecule has 3 heterocycles. The lowest BCUT2D eigenvalue weighted by Gasteiger charge is -1.93. The lowest BCUT2D eigenvalue weighted by Crippen LogP contribution is -1.79. The summed E-state index contributed by atoms with van der Waals surface area (Å²) < 4.78 is 1.88. The molecule has 3 aromatic heterocycles. The van der Waals surface area contributed by atoms with Crippen LogP contribution in [-0.4, -0.2) is 19.6 Å². The summed E-state index contributed by atoms with van der Waals surface area (Å²) in [4.78, 5) is 8.34. The molecule has 0 spiro atoms. The number of nitrogens with zero attached hydrogens (tertiary/aromatic N) is 3. The molecule has 0 saturated heterocycles. The van der Waals surface area contributed by atoms with E-state index in [1.165, 1.54) is 0 Å². The van der Waals surface area contributed by atoms with Gasteiger partial charge in [-0.05, 0) is 6.07 Å². The Morgan fingerprint density at radius 3 is 3.14 bits per heavy atom. The van der Waals surface area contributed by atoms with Crippen molar-refractivity contribution >= 4 is 5.65 Å². The minimum absolute atomic E-state index is 0.929. The van der Waals surface area contributed by atoms with E-state index in [1.54, 1.807) is 12.4 Å². The van der Waals surface area contributed by atoms with E-state index in [0.717, 1.165) is 16.8 Å². The molecule has 0 fully saturated rings. The Labute approximate surface area is 80.2 Å². The predicted molar refractivity (Wildman–Crippen MR) is 52.8 cm³/mol. The number of nitrogens with one attached hydrogen (secondary N) is 1. The van der Waals surface area contributed by atoms with Crippen LogP contribution in [0.15, 0.2) is 43.1 Å². The molecule has 0 unspecified atom stereocenters. The number of H-pyrrole nitrogens is 1. The Balaban J connectivity index is 2.28. The highest BCUT2D eigenvalue weighted by atomic mass is 15.2. The van der Waals surface area contributed by atoms with E-state index in [0.29, 0.717) is 0 Å². The number of aromatic nitrogens is 4. The van der Waals surface area contributed by atoms with Crippen LogP contribution in [0.4, 0.5) is 0 Å². The molecule has 68 valence electrons. The zero-order chi connectivity index (χ0) is 9.38. The van der Waals surface area contributed by atoms with Crippen molar-refractivity contribution in [2.45, 2.75) is 0 Å². The molecular weight excluding hydrogens is 176 g/mol. The minimum atomic E-state index is 0.929. The first-order valence-corrected chi connectivity index (χ1v) is 4.36. The van der Waals surface area contributed by atoms with E-state index in [9.17, 15) is 0 Å². The molecule has 0 amide bonds. The van der Waals surface area contributed by atoms with Gasteiger partial charge in [-0.15, -0.1) is 0 Å². The van der Waals surface area contributed by atoms with Gasteiger partial charge in [0.15, 0.2) is 5.65 Å². The molecule has 14 heavy (non-hydrogen) atoms. The summed E-state index contributed by atoms with van der Waals surface area (Å²) in [5.41, 5.74) is 3.08. The quantitative estimate of drug-likeness (QED) is 0.626. The van der Waals surface area contributed by atoms with Crippen LogP contribution in [0.2, 0.25) is 0 Å². The summed E-state index contributed by atoms with van der Waals surface area (Å²) in [6.07, 6.45) is 9.18. The average Bonchev–Trinajstić information content (AvgIpc) is 2.79. The van der Waals surface area contributed by atoms with E-state index in [1.807, 2.05) is 35.2 Å². The number of rotatable bonds is 1. The number of pyridine rings is 1. The largest absolute Gasteiger partial charge is 0.299 e. The van der Waals surface area contributed by atoms with Gasteiger partial charge in [0.2, 0.25) is 0 Å². The molecular formula is C10H8N4. The van der Waals surface area contributed by atoms with Gasteiger partial charge in [-0.2, -0.15) is 0 Å². The maximum atomic E-state index is 4.26. The molecule has 4 nitrogen and oxygen atoms in total. The van der Waals surface area contributed by atoms with Crippen LogP contribution in [0.5, 0.6) is 0 Å². The molecule has 0 aromatic carbocycles. The SMILES string of the molecule is c1cncc(-c2c[nH]n3ccnc23)c1. The first kappa shape index (κ1) is 7.32. The topological polar surface area (TPSA) is 46.0 Å². The summed E-state index contributed by atoms with van der Waals surface area (Å²) in [5, 5.41) is 3.09. The fourth-order valence-corrected chi connectivity index (χ4v) is 1.54. The second-order valence-electron chi connectivity index (χ2n) is 3.05.